The van der Waals surface area contributed by atoms with E-state index in [0.717, 1.165) is 16.3 Å². The minimum Gasteiger partial charge on any atom is -0.489 e. The summed E-state index contributed by atoms with van der Waals surface area (Å²) in [5.74, 6) is 0.682. The van der Waals surface area contributed by atoms with Gasteiger partial charge in [-0.05, 0) is 35.0 Å². The van der Waals surface area contributed by atoms with Crippen molar-refractivity contribution >= 4 is 45.6 Å². The highest BCUT2D eigenvalue weighted by molar-refractivity contribution is 6.36. The molecule has 128 valence electrons. The molecule has 0 atom stereocenters. The average Bonchev–Trinajstić information content (AvgIpc) is 2.65. The molecule has 3 rings (SSSR count). The summed E-state index contributed by atoms with van der Waals surface area (Å²) in [5.41, 5.74) is 1.89. The first-order valence-corrected chi connectivity index (χ1v) is 8.72. The number of nitriles is 1. The molecule has 3 aromatic rings. The lowest BCUT2D eigenvalue weighted by molar-refractivity contribution is 0.363. The largest absolute Gasteiger partial charge is 0.489 e. The number of benzene rings is 3. The van der Waals surface area contributed by atoms with E-state index in [0.29, 0.717) is 33.5 Å². The van der Waals surface area contributed by atoms with Crippen LogP contribution >= 0.6 is 23.2 Å². The molecule has 0 aromatic heterocycles. The molecule has 4 heteroatoms. The Bertz CT molecular complexity index is 1050. The molecule has 0 unspecified atom stereocenters. The van der Waals surface area contributed by atoms with Crippen molar-refractivity contribution < 1.29 is 4.74 Å². The summed E-state index contributed by atoms with van der Waals surface area (Å²) in [6.45, 7) is 4.07. The van der Waals surface area contributed by atoms with Crippen molar-refractivity contribution in [2.75, 3.05) is 6.61 Å². The topological polar surface area (TPSA) is 33.0 Å². The van der Waals surface area contributed by atoms with Crippen LogP contribution in [0.3, 0.4) is 0 Å². The quantitative estimate of drug-likeness (QED) is 0.278. The monoisotopic (exact) mass is 379 g/mol. The first-order chi connectivity index (χ1) is 12.6. The Kier molecular flexibility index (Phi) is 5.63. The second-order valence-corrected chi connectivity index (χ2v) is 6.44. The molecule has 0 aliphatic carbocycles. The molecule has 0 saturated heterocycles. The van der Waals surface area contributed by atoms with Gasteiger partial charge in [-0.2, -0.15) is 5.26 Å². The Morgan fingerprint density at radius 1 is 1.12 bits per heavy atom. The number of hydrogen-bond acceptors (Lipinski definition) is 2. The van der Waals surface area contributed by atoms with Gasteiger partial charge in [-0.15, -0.1) is 0 Å². The first kappa shape index (κ1) is 18.1. The molecule has 0 bridgehead atoms. The van der Waals surface area contributed by atoms with Gasteiger partial charge in [0.15, 0.2) is 0 Å². The van der Waals surface area contributed by atoms with E-state index < -0.39 is 0 Å². The van der Waals surface area contributed by atoms with Gasteiger partial charge in [-0.3, -0.25) is 0 Å². The maximum Gasteiger partial charge on any atom is 0.127 e. The standard InChI is InChI=1S/C22H15Cl2NO/c1-2-11-26-22-10-7-15-5-3-4-6-18(15)20(22)12-16(14-25)19-9-8-17(23)13-21(19)24/h2-10,12-13H,1,11H2/b16-12+. The van der Waals surface area contributed by atoms with E-state index in [-0.39, 0.29) is 0 Å². The van der Waals surface area contributed by atoms with Gasteiger partial charge < -0.3 is 4.74 Å². The van der Waals surface area contributed by atoms with Crippen LogP contribution in [0.4, 0.5) is 0 Å². The number of nitrogens with zero attached hydrogens (tertiary/aromatic N) is 1. The van der Waals surface area contributed by atoms with Gasteiger partial charge in [0.05, 0.1) is 16.7 Å². The van der Waals surface area contributed by atoms with Crippen LogP contribution in [-0.4, -0.2) is 6.61 Å². The molecule has 0 heterocycles. The third kappa shape index (κ3) is 3.75. The molecule has 0 aliphatic rings. The van der Waals surface area contributed by atoms with Crippen LogP contribution in [-0.2, 0) is 0 Å². The molecular formula is C22H15Cl2NO. The third-order valence-corrected chi connectivity index (χ3v) is 4.47. The van der Waals surface area contributed by atoms with E-state index in [1.165, 1.54) is 0 Å². The van der Waals surface area contributed by atoms with Crippen molar-refractivity contribution in [2.24, 2.45) is 0 Å². The van der Waals surface area contributed by atoms with Crippen LogP contribution in [0.25, 0.3) is 22.4 Å². The average molecular weight is 380 g/mol. The number of allylic oxidation sites excluding steroid dienone is 1. The minimum absolute atomic E-state index is 0.378. The molecule has 3 aromatic carbocycles. The van der Waals surface area contributed by atoms with Crippen LogP contribution in [0.15, 0.2) is 67.3 Å². The van der Waals surface area contributed by atoms with E-state index in [1.54, 1.807) is 30.4 Å². The second kappa shape index (κ2) is 8.10. The zero-order valence-electron chi connectivity index (χ0n) is 13.9. The van der Waals surface area contributed by atoms with Gasteiger partial charge in [0.1, 0.15) is 12.4 Å². The Labute approximate surface area is 162 Å². The summed E-state index contributed by atoms with van der Waals surface area (Å²) in [6, 6.07) is 19.2. The summed E-state index contributed by atoms with van der Waals surface area (Å²) < 4.78 is 5.80. The minimum atomic E-state index is 0.378. The number of ether oxygens (including phenoxy) is 1. The Morgan fingerprint density at radius 3 is 2.65 bits per heavy atom. The van der Waals surface area contributed by atoms with Gasteiger partial charge in [-0.25, -0.2) is 0 Å². The van der Waals surface area contributed by atoms with Gasteiger partial charge >= 0.3 is 0 Å². The highest BCUT2D eigenvalue weighted by Gasteiger charge is 2.12. The van der Waals surface area contributed by atoms with Crippen LogP contribution < -0.4 is 4.74 Å². The Hall–Kier alpha value is -2.73. The first-order valence-electron chi connectivity index (χ1n) is 7.96. The fourth-order valence-corrected chi connectivity index (χ4v) is 3.23. The summed E-state index contributed by atoms with van der Waals surface area (Å²) >= 11 is 12.3. The van der Waals surface area contributed by atoms with Crippen molar-refractivity contribution in [3.05, 3.63) is 88.4 Å². The smallest absolute Gasteiger partial charge is 0.127 e. The van der Waals surface area contributed by atoms with E-state index in [1.807, 2.05) is 36.4 Å². The Balaban J connectivity index is 2.22. The zero-order valence-corrected chi connectivity index (χ0v) is 15.4. The number of hydrogen-bond donors (Lipinski definition) is 0. The van der Waals surface area contributed by atoms with E-state index in [4.69, 9.17) is 27.9 Å². The van der Waals surface area contributed by atoms with E-state index in [9.17, 15) is 5.26 Å². The molecule has 0 amide bonds. The van der Waals surface area contributed by atoms with Crippen LogP contribution in [0.5, 0.6) is 5.75 Å². The van der Waals surface area contributed by atoms with Crippen molar-refractivity contribution in [3.8, 4) is 11.8 Å². The van der Waals surface area contributed by atoms with Crippen molar-refractivity contribution in [1.29, 1.82) is 5.26 Å². The summed E-state index contributed by atoms with van der Waals surface area (Å²) in [4.78, 5) is 0. The molecule has 0 fully saturated rings. The predicted octanol–water partition coefficient (Wildman–Crippen LogP) is 6.78. The van der Waals surface area contributed by atoms with Crippen molar-refractivity contribution in [2.45, 2.75) is 0 Å². The number of fused-ring (bicyclic) bond motifs is 1. The van der Waals surface area contributed by atoms with Crippen LogP contribution in [0, 0.1) is 11.3 Å². The fourth-order valence-electron chi connectivity index (χ4n) is 2.72. The van der Waals surface area contributed by atoms with Gasteiger partial charge in [0, 0.05) is 16.1 Å². The molecule has 26 heavy (non-hydrogen) atoms. The number of halogens is 2. The maximum atomic E-state index is 9.71. The van der Waals surface area contributed by atoms with Crippen molar-refractivity contribution in [3.63, 3.8) is 0 Å². The lowest BCUT2D eigenvalue weighted by atomic mass is 9.98. The predicted molar refractivity (Wildman–Crippen MR) is 110 cm³/mol. The van der Waals surface area contributed by atoms with Gasteiger partial charge in [0.25, 0.3) is 0 Å². The summed E-state index contributed by atoms with van der Waals surface area (Å²) in [6.07, 6.45) is 3.49. The third-order valence-electron chi connectivity index (χ3n) is 3.92. The fraction of sp³-hybridized carbons (Fsp3) is 0.0455. The van der Waals surface area contributed by atoms with Crippen molar-refractivity contribution in [1.82, 2.24) is 0 Å². The Morgan fingerprint density at radius 2 is 1.92 bits per heavy atom. The SMILES string of the molecule is C=CCOc1ccc2ccccc2c1/C=C(\C#N)c1ccc(Cl)cc1Cl. The zero-order chi connectivity index (χ0) is 18.5. The lowest BCUT2D eigenvalue weighted by Crippen LogP contribution is -1.96. The summed E-state index contributed by atoms with van der Waals surface area (Å²) in [5, 5.41) is 12.7. The molecule has 0 N–H and O–H groups in total. The highest BCUT2D eigenvalue weighted by atomic mass is 35.5. The van der Waals surface area contributed by atoms with E-state index >= 15 is 0 Å². The van der Waals surface area contributed by atoms with Gasteiger partial charge in [0.2, 0.25) is 0 Å². The maximum absolute atomic E-state index is 9.71. The lowest BCUT2D eigenvalue weighted by Gasteiger charge is -2.12. The van der Waals surface area contributed by atoms with Gasteiger partial charge in [-0.1, -0.05) is 72.3 Å². The van der Waals surface area contributed by atoms with E-state index in [2.05, 4.69) is 12.6 Å². The van der Waals surface area contributed by atoms with Crippen LogP contribution in [0.2, 0.25) is 10.0 Å². The summed E-state index contributed by atoms with van der Waals surface area (Å²) in [7, 11) is 0. The number of rotatable bonds is 5. The van der Waals surface area contributed by atoms with Crippen LogP contribution in [0.1, 0.15) is 11.1 Å². The molecule has 0 radical (unpaired) electrons. The highest BCUT2D eigenvalue weighted by Crippen LogP contribution is 2.34. The normalized spacial score (nSPS) is 11.2. The molecule has 0 spiro atoms. The molecule has 2 nitrogen and oxygen atoms in total. The second-order valence-electron chi connectivity index (χ2n) is 5.59. The molecule has 0 aliphatic heterocycles. The molecular weight excluding hydrogens is 365 g/mol. The molecule has 0 saturated carbocycles.